The van der Waals surface area contributed by atoms with Gasteiger partial charge in [0.15, 0.2) is 5.78 Å². The summed E-state index contributed by atoms with van der Waals surface area (Å²) in [6.45, 7) is 2.01. The number of aromatic nitrogens is 2. The van der Waals surface area contributed by atoms with Gasteiger partial charge in [0.05, 0.1) is 24.9 Å². The molecule has 0 aliphatic carbocycles. The molecule has 3 aromatic carbocycles. The van der Waals surface area contributed by atoms with Crippen LogP contribution in [-0.4, -0.2) is 46.0 Å². The highest BCUT2D eigenvalue weighted by atomic mass is 19.1. The SMILES string of the molecule is COCc1cc(-c2nc(-c3ccc(C(=O)CCC(O)CO)c(F)c3)no2)ccc1-c1ccccc1C. The summed E-state index contributed by atoms with van der Waals surface area (Å²) in [4.78, 5) is 16.7. The van der Waals surface area contributed by atoms with Crippen LogP contribution in [0.1, 0.15) is 34.3 Å². The van der Waals surface area contributed by atoms with Gasteiger partial charge in [0, 0.05) is 24.7 Å². The Morgan fingerprint density at radius 2 is 1.86 bits per heavy atom. The molecule has 0 fully saturated rings. The molecular formula is C28H27FN2O5. The van der Waals surface area contributed by atoms with Crippen molar-refractivity contribution in [2.75, 3.05) is 13.7 Å². The van der Waals surface area contributed by atoms with Crippen LogP contribution in [0.2, 0.25) is 0 Å². The van der Waals surface area contributed by atoms with Crippen molar-refractivity contribution >= 4 is 5.78 Å². The Kier molecular flexibility index (Phi) is 8.00. The number of hydrogen-bond acceptors (Lipinski definition) is 7. The Labute approximate surface area is 208 Å². The maximum atomic E-state index is 14.7. The smallest absolute Gasteiger partial charge is 0.258 e. The second kappa shape index (κ2) is 11.3. The number of ketones is 1. The number of carbonyl (C=O) groups excluding carboxylic acids is 1. The number of rotatable bonds is 10. The van der Waals surface area contributed by atoms with Crippen LogP contribution < -0.4 is 0 Å². The van der Waals surface area contributed by atoms with Gasteiger partial charge in [-0.05, 0) is 59.9 Å². The number of methoxy groups -OCH3 is 1. The molecular weight excluding hydrogens is 463 g/mol. The molecule has 0 saturated heterocycles. The summed E-state index contributed by atoms with van der Waals surface area (Å²) < 4.78 is 25.5. The van der Waals surface area contributed by atoms with Gasteiger partial charge in [0.2, 0.25) is 5.82 Å². The van der Waals surface area contributed by atoms with Gasteiger partial charge in [-0.25, -0.2) is 4.39 Å². The van der Waals surface area contributed by atoms with Gasteiger partial charge in [-0.3, -0.25) is 4.79 Å². The first-order valence-electron chi connectivity index (χ1n) is 11.5. The van der Waals surface area contributed by atoms with Crippen molar-refractivity contribution in [3.8, 4) is 34.0 Å². The second-order valence-electron chi connectivity index (χ2n) is 8.54. The fraction of sp³-hybridized carbons (Fsp3) is 0.250. The summed E-state index contributed by atoms with van der Waals surface area (Å²) in [7, 11) is 1.64. The topological polar surface area (TPSA) is 106 Å². The van der Waals surface area contributed by atoms with Crippen LogP contribution in [0.3, 0.4) is 0 Å². The number of aryl methyl sites for hydroxylation is 1. The summed E-state index contributed by atoms with van der Waals surface area (Å²) >= 11 is 0. The van der Waals surface area contributed by atoms with E-state index >= 15 is 0 Å². The minimum Gasteiger partial charge on any atom is -0.394 e. The van der Waals surface area contributed by atoms with Crippen LogP contribution in [0.4, 0.5) is 4.39 Å². The van der Waals surface area contributed by atoms with Crippen molar-refractivity contribution in [3.05, 3.63) is 83.2 Å². The fourth-order valence-electron chi connectivity index (χ4n) is 4.00. The lowest BCUT2D eigenvalue weighted by molar-refractivity contribution is 0.0778. The molecule has 8 heteroatoms. The number of ether oxygens (including phenoxy) is 1. The van der Waals surface area contributed by atoms with E-state index in [1.165, 1.54) is 12.1 Å². The van der Waals surface area contributed by atoms with Gasteiger partial charge in [-0.1, -0.05) is 41.6 Å². The molecule has 0 amide bonds. The normalized spacial score (nSPS) is 12.0. The Bertz CT molecular complexity index is 1370. The molecule has 1 unspecified atom stereocenters. The Hall–Kier alpha value is -3.72. The average molecular weight is 491 g/mol. The molecule has 186 valence electrons. The van der Waals surface area contributed by atoms with E-state index in [-0.39, 0.29) is 30.1 Å². The molecule has 1 aromatic heterocycles. The Morgan fingerprint density at radius 3 is 2.58 bits per heavy atom. The van der Waals surface area contributed by atoms with Crippen molar-refractivity contribution in [1.29, 1.82) is 0 Å². The van der Waals surface area contributed by atoms with E-state index in [1.54, 1.807) is 13.2 Å². The molecule has 4 aromatic rings. The highest BCUT2D eigenvalue weighted by molar-refractivity contribution is 5.96. The van der Waals surface area contributed by atoms with E-state index in [1.807, 2.05) is 30.3 Å². The lowest BCUT2D eigenvalue weighted by Crippen LogP contribution is -2.14. The lowest BCUT2D eigenvalue weighted by Gasteiger charge is -2.12. The fourth-order valence-corrected chi connectivity index (χ4v) is 4.00. The number of Topliss-reactive ketones (excluding diaryl/α,β-unsaturated/α-hetero) is 1. The Morgan fingerprint density at radius 1 is 1.08 bits per heavy atom. The van der Waals surface area contributed by atoms with Gasteiger partial charge in [-0.15, -0.1) is 0 Å². The Balaban J connectivity index is 1.58. The van der Waals surface area contributed by atoms with E-state index in [4.69, 9.17) is 14.4 Å². The van der Waals surface area contributed by atoms with E-state index in [2.05, 4.69) is 29.2 Å². The molecule has 0 spiro atoms. The summed E-state index contributed by atoms with van der Waals surface area (Å²) in [6.07, 6.45) is -1.03. The molecule has 4 rings (SSSR count). The van der Waals surface area contributed by atoms with Crippen LogP contribution in [0.25, 0.3) is 34.0 Å². The predicted molar refractivity (Wildman–Crippen MR) is 133 cm³/mol. The molecule has 36 heavy (non-hydrogen) atoms. The minimum absolute atomic E-state index is 0.0540. The van der Waals surface area contributed by atoms with Gasteiger partial charge in [0.1, 0.15) is 5.82 Å². The van der Waals surface area contributed by atoms with Crippen LogP contribution >= 0.6 is 0 Å². The minimum atomic E-state index is -1.01. The average Bonchev–Trinajstić information content (AvgIpc) is 3.38. The van der Waals surface area contributed by atoms with Crippen LogP contribution in [0, 0.1) is 12.7 Å². The largest absolute Gasteiger partial charge is 0.394 e. The van der Waals surface area contributed by atoms with E-state index in [0.717, 1.165) is 22.3 Å². The first-order valence-corrected chi connectivity index (χ1v) is 11.5. The standard InChI is InChI=1S/C28H27FN2O5/c1-17-5-3-4-6-22(17)23-10-8-19(13-20(23)16-35-2)28-30-27(31-36-28)18-7-11-24(25(29)14-18)26(34)12-9-21(33)15-32/h3-8,10-11,13-14,21,32-33H,9,12,15-16H2,1-2H3. The third kappa shape index (κ3) is 5.57. The third-order valence-electron chi connectivity index (χ3n) is 5.96. The van der Waals surface area contributed by atoms with Crippen LogP contribution in [-0.2, 0) is 11.3 Å². The first kappa shape index (κ1) is 25.4. The van der Waals surface area contributed by atoms with Gasteiger partial charge in [-0.2, -0.15) is 4.98 Å². The monoisotopic (exact) mass is 490 g/mol. The quantitative estimate of drug-likeness (QED) is 0.302. The number of halogens is 1. The van der Waals surface area contributed by atoms with Gasteiger partial charge < -0.3 is 19.5 Å². The molecule has 0 radical (unpaired) electrons. The summed E-state index contributed by atoms with van der Waals surface area (Å²) in [6, 6.07) is 18.0. The van der Waals surface area contributed by atoms with E-state index in [0.29, 0.717) is 17.7 Å². The van der Waals surface area contributed by atoms with E-state index in [9.17, 15) is 14.3 Å². The van der Waals surface area contributed by atoms with Crippen molar-refractivity contribution in [2.45, 2.75) is 32.5 Å². The molecule has 0 aliphatic rings. The van der Waals surface area contributed by atoms with Crippen molar-refractivity contribution in [3.63, 3.8) is 0 Å². The number of benzene rings is 3. The number of nitrogens with zero attached hydrogens (tertiary/aromatic N) is 2. The molecule has 7 nitrogen and oxygen atoms in total. The van der Waals surface area contributed by atoms with Gasteiger partial charge in [0.25, 0.3) is 5.89 Å². The molecule has 1 heterocycles. The highest BCUT2D eigenvalue weighted by Crippen LogP contribution is 2.32. The van der Waals surface area contributed by atoms with Crippen LogP contribution in [0.5, 0.6) is 0 Å². The zero-order valence-corrected chi connectivity index (χ0v) is 20.1. The molecule has 0 saturated carbocycles. The number of aliphatic hydroxyl groups excluding tert-OH is 2. The first-order chi connectivity index (χ1) is 17.4. The predicted octanol–water partition coefficient (Wildman–Crippen LogP) is 4.98. The van der Waals surface area contributed by atoms with Crippen molar-refractivity contribution in [1.82, 2.24) is 10.1 Å². The summed E-state index contributed by atoms with van der Waals surface area (Å²) in [5.41, 5.74) is 5.24. The number of hydrogen-bond donors (Lipinski definition) is 2. The number of aliphatic hydroxyl groups is 2. The molecule has 2 N–H and O–H groups in total. The lowest BCUT2D eigenvalue weighted by atomic mass is 9.94. The summed E-state index contributed by atoms with van der Waals surface area (Å²) in [5, 5.41) is 22.3. The highest BCUT2D eigenvalue weighted by Gasteiger charge is 2.18. The van der Waals surface area contributed by atoms with Crippen LogP contribution in [0.15, 0.2) is 65.2 Å². The molecule has 0 aliphatic heterocycles. The van der Waals surface area contributed by atoms with Gasteiger partial charge >= 0.3 is 0 Å². The second-order valence-corrected chi connectivity index (χ2v) is 8.54. The van der Waals surface area contributed by atoms with Crippen molar-refractivity contribution in [2.24, 2.45) is 0 Å². The third-order valence-corrected chi connectivity index (χ3v) is 5.96. The number of carbonyl (C=O) groups is 1. The molecule has 0 bridgehead atoms. The van der Waals surface area contributed by atoms with Crippen molar-refractivity contribution < 1.29 is 28.7 Å². The maximum absolute atomic E-state index is 14.7. The summed E-state index contributed by atoms with van der Waals surface area (Å²) in [5.74, 6) is -0.709. The molecule has 1 atom stereocenters. The van der Waals surface area contributed by atoms with E-state index < -0.39 is 24.3 Å². The maximum Gasteiger partial charge on any atom is 0.258 e. The zero-order valence-electron chi connectivity index (χ0n) is 20.1. The zero-order chi connectivity index (χ0) is 25.7.